The Morgan fingerprint density at radius 3 is 2.43 bits per heavy atom. The number of carbonyl (C=O) groups excluding carboxylic acids is 1. The Morgan fingerprint density at radius 2 is 1.78 bits per heavy atom. The van der Waals surface area contributed by atoms with Crippen LogP contribution in [0.25, 0.3) is 0 Å². The van der Waals surface area contributed by atoms with Crippen molar-refractivity contribution in [3.05, 3.63) is 12.2 Å². The van der Waals surface area contributed by atoms with E-state index in [9.17, 15) is 4.79 Å². The second kappa shape index (κ2) is 8.29. The topological polar surface area (TPSA) is 26.8 Å². The van der Waals surface area contributed by atoms with Crippen molar-refractivity contribution in [1.82, 2.24) is 14.7 Å². The zero-order chi connectivity index (χ0) is 16.1. The average molecular weight is 319 g/mol. The van der Waals surface area contributed by atoms with E-state index in [0.29, 0.717) is 5.91 Å². The number of allylic oxidation sites excluding steroid dienone is 2. The lowest BCUT2D eigenvalue weighted by Gasteiger charge is -2.40. The minimum atomic E-state index is 0.0628. The number of nitrogens with zero attached hydrogens (tertiary/aromatic N) is 3. The molecule has 2 atom stereocenters. The molecule has 2 fully saturated rings. The first-order chi connectivity index (χ1) is 11.2. The molecular weight excluding hydrogens is 286 g/mol. The molecule has 0 saturated carbocycles. The Labute approximate surface area is 141 Å². The summed E-state index contributed by atoms with van der Waals surface area (Å²) in [6.45, 7) is 9.63. The van der Waals surface area contributed by atoms with Crippen molar-refractivity contribution >= 4 is 5.91 Å². The van der Waals surface area contributed by atoms with E-state index >= 15 is 0 Å². The summed E-state index contributed by atoms with van der Waals surface area (Å²) in [6, 6.07) is 0.0628. The minimum absolute atomic E-state index is 0.0628. The fourth-order valence-electron chi connectivity index (χ4n) is 4.26. The molecule has 0 aromatic rings. The van der Waals surface area contributed by atoms with Crippen LogP contribution in [0.15, 0.2) is 12.2 Å². The van der Waals surface area contributed by atoms with Gasteiger partial charge in [0.1, 0.15) is 0 Å². The minimum Gasteiger partial charge on any atom is -0.341 e. The summed E-state index contributed by atoms with van der Waals surface area (Å²) in [5.41, 5.74) is 0. The molecule has 0 bridgehead atoms. The van der Waals surface area contributed by atoms with Crippen molar-refractivity contribution in [2.24, 2.45) is 5.92 Å². The van der Waals surface area contributed by atoms with E-state index in [2.05, 4.69) is 33.8 Å². The number of rotatable bonds is 4. The van der Waals surface area contributed by atoms with Gasteiger partial charge in [-0.3, -0.25) is 9.69 Å². The van der Waals surface area contributed by atoms with Crippen LogP contribution in [-0.2, 0) is 4.79 Å². The quantitative estimate of drug-likeness (QED) is 0.744. The van der Waals surface area contributed by atoms with E-state index in [1.54, 1.807) is 0 Å². The molecule has 3 aliphatic rings. The summed E-state index contributed by atoms with van der Waals surface area (Å²) in [5, 5.41) is 0. The molecule has 2 unspecified atom stereocenters. The molecule has 0 aromatic carbocycles. The van der Waals surface area contributed by atoms with E-state index in [1.165, 1.54) is 45.1 Å². The van der Waals surface area contributed by atoms with Crippen molar-refractivity contribution < 1.29 is 4.79 Å². The van der Waals surface area contributed by atoms with E-state index in [0.717, 1.165) is 45.2 Å². The Kier molecular flexibility index (Phi) is 6.12. The molecule has 2 aliphatic heterocycles. The van der Waals surface area contributed by atoms with Gasteiger partial charge < -0.3 is 9.80 Å². The van der Waals surface area contributed by atoms with Crippen LogP contribution < -0.4 is 0 Å². The molecule has 0 N–H and O–H groups in total. The van der Waals surface area contributed by atoms with Gasteiger partial charge >= 0.3 is 0 Å². The summed E-state index contributed by atoms with van der Waals surface area (Å²) in [7, 11) is 0. The highest BCUT2D eigenvalue weighted by Crippen LogP contribution is 2.20. The van der Waals surface area contributed by atoms with Crippen LogP contribution in [0.2, 0.25) is 0 Å². The molecular formula is C19H33N3O. The molecule has 0 radical (unpaired) electrons. The van der Waals surface area contributed by atoms with E-state index in [1.807, 2.05) is 0 Å². The number of amides is 1. The van der Waals surface area contributed by atoms with Crippen molar-refractivity contribution in [3.63, 3.8) is 0 Å². The van der Waals surface area contributed by atoms with Crippen LogP contribution in [-0.4, -0.2) is 72.5 Å². The highest BCUT2D eigenvalue weighted by Gasteiger charge is 2.29. The molecule has 4 nitrogen and oxygen atoms in total. The highest BCUT2D eigenvalue weighted by molar-refractivity contribution is 5.81. The predicted octanol–water partition coefficient (Wildman–Crippen LogP) is 2.36. The van der Waals surface area contributed by atoms with Gasteiger partial charge in [0.25, 0.3) is 0 Å². The number of piperidine rings is 1. The molecule has 2 saturated heterocycles. The average Bonchev–Trinajstić information content (AvgIpc) is 2.63. The van der Waals surface area contributed by atoms with Crippen LogP contribution in [0.5, 0.6) is 0 Å². The van der Waals surface area contributed by atoms with Gasteiger partial charge in [0, 0.05) is 45.8 Å². The van der Waals surface area contributed by atoms with Crippen LogP contribution in [0.1, 0.15) is 45.4 Å². The van der Waals surface area contributed by atoms with Gasteiger partial charge in [0.05, 0.1) is 6.04 Å². The number of piperazine rings is 1. The zero-order valence-corrected chi connectivity index (χ0v) is 14.8. The SMILES string of the molecule is CC(C(=O)N1CCCCC1)N1CCN(CC2CC=CCC2)CC1. The van der Waals surface area contributed by atoms with Gasteiger partial charge in [-0.25, -0.2) is 0 Å². The molecule has 23 heavy (non-hydrogen) atoms. The number of hydrogen-bond donors (Lipinski definition) is 0. The first kappa shape index (κ1) is 17.0. The zero-order valence-electron chi connectivity index (χ0n) is 14.8. The standard InChI is InChI=1S/C19H33N3O/c1-17(19(23)22-10-6-3-7-11-22)21-14-12-20(13-15-21)16-18-8-4-2-5-9-18/h2,4,17-18H,3,5-16H2,1H3. The van der Waals surface area contributed by atoms with Crippen LogP contribution in [0.3, 0.4) is 0 Å². The van der Waals surface area contributed by atoms with Gasteiger partial charge in [-0.2, -0.15) is 0 Å². The highest BCUT2D eigenvalue weighted by atomic mass is 16.2. The predicted molar refractivity (Wildman–Crippen MR) is 94.4 cm³/mol. The van der Waals surface area contributed by atoms with Crippen molar-refractivity contribution in [2.45, 2.75) is 51.5 Å². The van der Waals surface area contributed by atoms with Gasteiger partial charge in [-0.15, -0.1) is 0 Å². The van der Waals surface area contributed by atoms with Crippen molar-refractivity contribution in [1.29, 1.82) is 0 Å². The maximum atomic E-state index is 12.7. The molecule has 0 aromatic heterocycles. The summed E-state index contributed by atoms with van der Waals surface area (Å²) in [5.74, 6) is 1.20. The lowest BCUT2D eigenvalue weighted by Crippen LogP contribution is -2.55. The van der Waals surface area contributed by atoms with Crippen LogP contribution in [0, 0.1) is 5.92 Å². The first-order valence-corrected chi connectivity index (χ1v) is 9.64. The maximum Gasteiger partial charge on any atom is 0.239 e. The largest absolute Gasteiger partial charge is 0.341 e. The monoisotopic (exact) mass is 319 g/mol. The first-order valence-electron chi connectivity index (χ1n) is 9.64. The van der Waals surface area contributed by atoms with Crippen LogP contribution >= 0.6 is 0 Å². The second-order valence-electron chi connectivity index (χ2n) is 7.55. The Bertz CT molecular complexity index is 409. The van der Waals surface area contributed by atoms with Crippen molar-refractivity contribution in [3.8, 4) is 0 Å². The summed E-state index contributed by atoms with van der Waals surface area (Å²) in [6.07, 6.45) is 12.2. The third-order valence-electron chi connectivity index (χ3n) is 5.87. The lowest BCUT2D eigenvalue weighted by atomic mass is 9.94. The molecule has 4 heteroatoms. The molecule has 0 spiro atoms. The van der Waals surface area contributed by atoms with Gasteiger partial charge in [-0.05, 0) is 51.4 Å². The normalized spacial score (nSPS) is 28.7. The molecule has 130 valence electrons. The summed E-state index contributed by atoms with van der Waals surface area (Å²) in [4.78, 5) is 19.8. The number of hydrogen-bond acceptors (Lipinski definition) is 3. The number of carbonyl (C=O) groups is 1. The summed E-state index contributed by atoms with van der Waals surface area (Å²) >= 11 is 0. The molecule has 2 heterocycles. The summed E-state index contributed by atoms with van der Waals surface area (Å²) < 4.78 is 0. The molecule has 1 amide bonds. The molecule has 1 aliphatic carbocycles. The van der Waals surface area contributed by atoms with Gasteiger partial charge in [-0.1, -0.05) is 12.2 Å². The smallest absolute Gasteiger partial charge is 0.239 e. The lowest BCUT2D eigenvalue weighted by molar-refractivity contribution is -0.138. The van der Waals surface area contributed by atoms with Crippen molar-refractivity contribution in [2.75, 3.05) is 45.8 Å². The molecule has 3 rings (SSSR count). The van der Waals surface area contributed by atoms with E-state index in [4.69, 9.17) is 0 Å². The van der Waals surface area contributed by atoms with E-state index in [-0.39, 0.29) is 6.04 Å². The Morgan fingerprint density at radius 1 is 1.04 bits per heavy atom. The maximum absolute atomic E-state index is 12.7. The van der Waals surface area contributed by atoms with Crippen LogP contribution in [0.4, 0.5) is 0 Å². The van der Waals surface area contributed by atoms with Gasteiger partial charge in [0.2, 0.25) is 5.91 Å². The Balaban J connectivity index is 1.42. The third kappa shape index (κ3) is 4.57. The van der Waals surface area contributed by atoms with Gasteiger partial charge in [0.15, 0.2) is 0 Å². The number of likely N-dealkylation sites (tertiary alicyclic amines) is 1. The second-order valence-corrected chi connectivity index (χ2v) is 7.55. The Hall–Kier alpha value is -0.870. The van der Waals surface area contributed by atoms with E-state index < -0.39 is 0 Å². The third-order valence-corrected chi connectivity index (χ3v) is 5.87. The fraction of sp³-hybridized carbons (Fsp3) is 0.842. The fourth-order valence-corrected chi connectivity index (χ4v) is 4.26.